The highest BCUT2D eigenvalue weighted by molar-refractivity contribution is 6.24. The van der Waals surface area contributed by atoms with Crippen LogP contribution in [0, 0.1) is 22.0 Å². The summed E-state index contributed by atoms with van der Waals surface area (Å²) in [6, 6.07) is 18.5. The van der Waals surface area contributed by atoms with Gasteiger partial charge in [0.2, 0.25) is 11.8 Å². The van der Waals surface area contributed by atoms with Crippen LogP contribution >= 0.6 is 0 Å². The highest BCUT2D eigenvalue weighted by Crippen LogP contribution is 2.64. The number of carbonyl (C=O) groups is 3. The topological polar surface area (TPSA) is 107 Å². The van der Waals surface area contributed by atoms with Crippen molar-refractivity contribution in [2.45, 2.75) is 18.4 Å². The summed E-state index contributed by atoms with van der Waals surface area (Å²) < 4.78 is 5.42. The first-order chi connectivity index (χ1) is 16.8. The van der Waals surface area contributed by atoms with Crippen LogP contribution in [0.4, 0.5) is 5.69 Å². The molecule has 0 unspecified atom stereocenters. The number of Topliss-reactive ketones (excluding diaryl/α,β-unsaturated/α-hetero) is 1. The molecule has 2 bridgehead atoms. The van der Waals surface area contributed by atoms with Crippen molar-refractivity contribution >= 4 is 23.3 Å². The number of benzene rings is 3. The largest absolute Gasteiger partial charge is 0.495 e. The summed E-state index contributed by atoms with van der Waals surface area (Å²) in [5, 5.41) is 13.0. The first-order valence-electron chi connectivity index (χ1n) is 11.2. The zero-order valence-electron chi connectivity index (χ0n) is 18.9. The molecule has 1 heterocycles. The Hall–Kier alpha value is -4.33. The third-order valence-corrected chi connectivity index (χ3v) is 7.69. The van der Waals surface area contributed by atoms with Gasteiger partial charge in [-0.1, -0.05) is 48.5 Å². The van der Waals surface area contributed by atoms with E-state index < -0.39 is 40.0 Å². The summed E-state index contributed by atoms with van der Waals surface area (Å²) in [6.45, 7) is 1.38. The van der Waals surface area contributed by atoms with Crippen LogP contribution in [0.15, 0.2) is 66.7 Å². The Morgan fingerprint density at radius 2 is 1.57 bits per heavy atom. The summed E-state index contributed by atoms with van der Waals surface area (Å²) in [6.07, 6.45) is 0. The third kappa shape index (κ3) is 2.43. The number of carbonyl (C=O) groups excluding carboxylic acids is 3. The van der Waals surface area contributed by atoms with E-state index in [1.807, 2.05) is 12.1 Å². The fraction of sp³-hybridized carbons (Fsp3) is 0.222. The first kappa shape index (κ1) is 21.2. The van der Waals surface area contributed by atoms with Gasteiger partial charge in [-0.25, -0.2) is 4.90 Å². The van der Waals surface area contributed by atoms with Crippen molar-refractivity contribution in [3.63, 3.8) is 0 Å². The monoisotopic (exact) mass is 468 g/mol. The molecule has 1 saturated heterocycles. The fourth-order valence-corrected chi connectivity index (χ4v) is 6.36. The van der Waals surface area contributed by atoms with Crippen molar-refractivity contribution in [2.75, 3.05) is 12.0 Å². The SMILES string of the molecule is COc1ccc(C(C)=O)cc1N1C(=O)[C@@H]2[C@@H](C1=O)C1c3ccccc3C2([N+](=O)[O-])c2ccccc21. The summed E-state index contributed by atoms with van der Waals surface area (Å²) in [5.41, 5.74) is 0.794. The van der Waals surface area contributed by atoms with Crippen LogP contribution in [0.2, 0.25) is 0 Å². The van der Waals surface area contributed by atoms with Gasteiger partial charge in [0.15, 0.2) is 5.78 Å². The van der Waals surface area contributed by atoms with E-state index in [9.17, 15) is 24.5 Å². The lowest BCUT2D eigenvalue weighted by Crippen LogP contribution is -2.57. The van der Waals surface area contributed by atoms with Crippen LogP contribution in [0.1, 0.15) is 45.5 Å². The number of amides is 2. The smallest absolute Gasteiger partial charge is 0.285 e. The number of methoxy groups -OCH3 is 1. The Balaban J connectivity index is 1.65. The molecule has 8 heteroatoms. The average molecular weight is 468 g/mol. The van der Waals surface area contributed by atoms with Crippen LogP contribution in [-0.4, -0.2) is 29.6 Å². The van der Waals surface area contributed by atoms with E-state index in [4.69, 9.17) is 4.74 Å². The molecule has 3 aliphatic carbocycles. The van der Waals surface area contributed by atoms with Crippen LogP contribution in [0.5, 0.6) is 5.75 Å². The molecular formula is C27H20N2O6. The second-order valence-electron chi connectivity index (χ2n) is 9.13. The van der Waals surface area contributed by atoms with Gasteiger partial charge in [0, 0.05) is 27.5 Å². The summed E-state index contributed by atoms with van der Waals surface area (Å²) >= 11 is 0. The highest BCUT2D eigenvalue weighted by atomic mass is 16.6. The molecule has 7 rings (SSSR count). The molecule has 1 aliphatic heterocycles. The van der Waals surface area contributed by atoms with Gasteiger partial charge < -0.3 is 4.74 Å². The maximum absolute atomic E-state index is 14.1. The molecule has 0 saturated carbocycles. The zero-order valence-corrected chi connectivity index (χ0v) is 18.9. The van der Waals surface area contributed by atoms with Gasteiger partial charge in [-0.05, 0) is 36.2 Å². The Morgan fingerprint density at radius 1 is 0.971 bits per heavy atom. The normalized spacial score (nSPS) is 25.7. The number of nitro groups is 1. The molecule has 174 valence electrons. The fourth-order valence-electron chi connectivity index (χ4n) is 6.36. The zero-order chi connectivity index (χ0) is 24.6. The van der Waals surface area contributed by atoms with E-state index in [0.29, 0.717) is 27.8 Å². The molecule has 8 nitrogen and oxygen atoms in total. The summed E-state index contributed by atoms with van der Waals surface area (Å²) in [7, 11) is 1.40. The standard InChI is InChI=1S/C27H20N2O6/c1-14(30)15-11-12-21(35-2)20(13-15)28-25(31)23-22-16-7-3-5-9-18(16)27(29(33)34,24(23)26(28)32)19-10-6-4-8-17(19)22/h3-13,22-24H,1-2H3/t22?,23-,24-,27?/m0/s1. The molecule has 1 fully saturated rings. The number of rotatable bonds is 4. The predicted molar refractivity (Wildman–Crippen MR) is 125 cm³/mol. The van der Waals surface area contributed by atoms with Crippen LogP contribution in [0.3, 0.4) is 0 Å². The highest BCUT2D eigenvalue weighted by Gasteiger charge is 2.75. The third-order valence-electron chi connectivity index (χ3n) is 7.69. The molecule has 35 heavy (non-hydrogen) atoms. The minimum absolute atomic E-state index is 0.121. The number of hydrogen-bond donors (Lipinski definition) is 0. The molecule has 0 N–H and O–H groups in total. The van der Waals surface area contributed by atoms with Gasteiger partial charge in [-0.15, -0.1) is 0 Å². The van der Waals surface area contributed by atoms with Gasteiger partial charge in [0.1, 0.15) is 11.7 Å². The molecule has 3 aromatic rings. The molecule has 0 spiro atoms. The van der Waals surface area contributed by atoms with E-state index in [2.05, 4.69) is 0 Å². The lowest BCUT2D eigenvalue weighted by Gasteiger charge is -2.48. The van der Waals surface area contributed by atoms with Crippen molar-refractivity contribution in [3.05, 3.63) is 105 Å². The summed E-state index contributed by atoms with van der Waals surface area (Å²) in [5.74, 6) is -3.89. The molecule has 4 aliphatic rings. The van der Waals surface area contributed by atoms with Gasteiger partial charge >= 0.3 is 0 Å². The Kier molecular flexibility index (Phi) is 4.30. The quantitative estimate of drug-likeness (QED) is 0.250. The number of ketones is 1. The molecular weight excluding hydrogens is 448 g/mol. The lowest BCUT2D eigenvalue weighted by molar-refractivity contribution is -0.578. The number of nitrogens with zero attached hydrogens (tertiary/aromatic N) is 2. The van der Waals surface area contributed by atoms with E-state index in [-0.39, 0.29) is 17.2 Å². The van der Waals surface area contributed by atoms with Crippen molar-refractivity contribution in [2.24, 2.45) is 11.8 Å². The van der Waals surface area contributed by atoms with Crippen LogP contribution in [-0.2, 0) is 15.1 Å². The Morgan fingerprint density at radius 3 is 2.11 bits per heavy atom. The maximum Gasteiger partial charge on any atom is 0.285 e. The number of ether oxygens (including phenoxy) is 1. The molecule has 3 aromatic carbocycles. The summed E-state index contributed by atoms with van der Waals surface area (Å²) in [4.78, 5) is 53.8. The predicted octanol–water partition coefficient (Wildman–Crippen LogP) is 3.68. The van der Waals surface area contributed by atoms with Crippen molar-refractivity contribution < 1.29 is 24.0 Å². The van der Waals surface area contributed by atoms with E-state index in [1.54, 1.807) is 42.5 Å². The van der Waals surface area contributed by atoms with Crippen molar-refractivity contribution in [1.29, 1.82) is 0 Å². The minimum atomic E-state index is -1.90. The maximum atomic E-state index is 14.1. The molecule has 0 aromatic heterocycles. The second kappa shape index (κ2) is 7.09. The van der Waals surface area contributed by atoms with E-state index in [0.717, 1.165) is 4.90 Å². The van der Waals surface area contributed by atoms with E-state index in [1.165, 1.54) is 26.2 Å². The first-order valence-corrected chi connectivity index (χ1v) is 11.2. The second-order valence-corrected chi connectivity index (χ2v) is 9.13. The van der Waals surface area contributed by atoms with E-state index >= 15 is 0 Å². The van der Waals surface area contributed by atoms with Gasteiger partial charge in [-0.3, -0.25) is 24.5 Å². The van der Waals surface area contributed by atoms with Crippen molar-refractivity contribution in [3.8, 4) is 5.75 Å². The minimum Gasteiger partial charge on any atom is -0.495 e. The Bertz CT molecular complexity index is 1430. The number of imide groups is 1. The number of hydrogen-bond acceptors (Lipinski definition) is 6. The van der Waals surface area contributed by atoms with Crippen LogP contribution in [0.25, 0.3) is 0 Å². The average Bonchev–Trinajstić information content (AvgIpc) is 3.13. The lowest BCUT2D eigenvalue weighted by atomic mass is 9.51. The van der Waals surface area contributed by atoms with Gasteiger partial charge in [0.05, 0.1) is 18.7 Å². The van der Waals surface area contributed by atoms with Crippen molar-refractivity contribution in [1.82, 2.24) is 0 Å². The van der Waals surface area contributed by atoms with Crippen LogP contribution < -0.4 is 9.64 Å². The van der Waals surface area contributed by atoms with Gasteiger partial charge in [0.25, 0.3) is 5.54 Å². The molecule has 0 radical (unpaired) electrons. The number of anilines is 1. The molecule has 2 atom stereocenters. The Labute approximate surface area is 200 Å². The molecule has 2 amide bonds. The van der Waals surface area contributed by atoms with Gasteiger partial charge in [-0.2, -0.15) is 0 Å².